The maximum Gasteiger partial charge on any atom is 0.279 e. The van der Waals surface area contributed by atoms with Gasteiger partial charge in [0.15, 0.2) is 6.10 Å². The van der Waals surface area contributed by atoms with Gasteiger partial charge in [-0.1, -0.05) is 0 Å². The third-order valence-corrected chi connectivity index (χ3v) is 5.52. The van der Waals surface area contributed by atoms with Crippen molar-refractivity contribution in [3.05, 3.63) is 59.9 Å². The summed E-state index contributed by atoms with van der Waals surface area (Å²) in [5.74, 6) is -1.38. The molecule has 0 aliphatic carbocycles. The van der Waals surface area contributed by atoms with Crippen LogP contribution in [0.5, 0.6) is 5.75 Å². The van der Waals surface area contributed by atoms with Crippen LogP contribution in [0.25, 0.3) is 0 Å². The first-order valence-electron chi connectivity index (χ1n) is 8.16. The van der Waals surface area contributed by atoms with E-state index in [1.165, 1.54) is 69.6 Å². The molecule has 2 rings (SSSR count). The molecule has 0 radical (unpaired) electrons. The van der Waals surface area contributed by atoms with Crippen LogP contribution in [0.3, 0.4) is 0 Å². The zero-order valence-electron chi connectivity index (χ0n) is 15.5. The van der Waals surface area contributed by atoms with Crippen LogP contribution in [0.4, 0.5) is 4.39 Å². The summed E-state index contributed by atoms with van der Waals surface area (Å²) >= 11 is 0. The molecule has 0 aliphatic rings. The number of rotatable bonds is 6. The van der Waals surface area contributed by atoms with Crippen LogP contribution >= 0.6 is 0 Å². The molecule has 2 aromatic rings. The largest absolute Gasteiger partial charge is 0.481 e. The minimum absolute atomic E-state index is 0.0411. The molecule has 0 saturated carbocycles. The Hall–Kier alpha value is -2.98. The molecule has 28 heavy (non-hydrogen) atoms. The molecular weight excluding hydrogens is 389 g/mol. The number of carbonyl (C=O) groups excluding carboxylic acids is 2. The highest BCUT2D eigenvalue weighted by Crippen LogP contribution is 2.14. The molecule has 0 heterocycles. The Labute approximate surface area is 162 Å². The first kappa shape index (κ1) is 21.3. The number of hydrogen-bond acceptors (Lipinski definition) is 5. The van der Waals surface area contributed by atoms with Crippen molar-refractivity contribution >= 4 is 21.8 Å². The van der Waals surface area contributed by atoms with Gasteiger partial charge in [0.1, 0.15) is 11.6 Å². The van der Waals surface area contributed by atoms with E-state index in [0.717, 1.165) is 4.31 Å². The Balaban J connectivity index is 1.92. The van der Waals surface area contributed by atoms with E-state index in [-0.39, 0.29) is 10.5 Å². The average molecular weight is 409 g/mol. The molecule has 0 aromatic heterocycles. The first-order chi connectivity index (χ1) is 13.1. The Morgan fingerprint density at radius 3 is 2.11 bits per heavy atom. The van der Waals surface area contributed by atoms with Gasteiger partial charge in [-0.3, -0.25) is 20.4 Å². The van der Waals surface area contributed by atoms with Crippen molar-refractivity contribution in [3.63, 3.8) is 0 Å². The Bertz CT molecular complexity index is 944. The average Bonchev–Trinajstić information content (AvgIpc) is 2.67. The van der Waals surface area contributed by atoms with Crippen molar-refractivity contribution < 1.29 is 27.1 Å². The lowest BCUT2D eigenvalue weighted by molar-refractivity contribution is -0.128. The SMILES string of the molecule is C[C@H](Oc1ccc(F)cc1)C(=O)NNC(=O)c1ccc(S(=O)(=O)N(C)C)cc1. The number of nitrogens with one attached hydrogen (secondary N) is 2. The smallest absolute Gasteiger partial charge is 0.279 e. The van der Waals surface area contributed by atoms with Crippen LogP contribution in [-0.4, -0.2) is 44.7 Å². The molecule has 1 atom stereocenters. The van der Waals surface area contributed by atoms with Gasteiger partial charge < -0.3 is 4.74 Å². The Morgan fingerprint density at radius 2 is 1.57 bits per heavy atom. The molecule has 0 aliphatic heterocycles. The van der Waals surface area contributed by atoms with Gasteiger partial charge in [-0.25, -0.2) is 17.1 Å². The molecule has 0 unspecified atom stereocenters. The van der Waals surface area contributed by atoms with E-state index in [2.05, 4.69) is 10.9 Å². The summed E-state index contributed by atoms with van der Waals surface area (Å²) in [5, 5.41) is 0. The fourth-order valence-corrected chi connectivity index (χ4v) is 2.95. The number of carbonyl (C=O) groups is 2. The lowest BCUT2D eigenvalue weighted by atomic mass is 10.2. The molecule has 10 heteroatoms. The quantitative estimate of drug-likeness (QED) is 0.700. The predicted octanol–water partition coefficient (Wildman–Crippen LogP) is 1.30. The fraction of sp³-hybridized carbons (Fsp3) is 0.222. The van der Waals surface area contributed by atoms with Crippen LogP contribution < -0.4 is 15.6 Å². The lowest BCUT2D eigenvalue weighted by Crippen LogP contribution is -2.47. The van der Waals surface area contributed by atoms with Crippen LogP contribution in [0, 0.1) is 5.82 Å². The summed E-state index contributed by atoms with van der Waals surface area (Å²) in [6, 6.07) is 10.4. The minimum atomic E-state index is -3.60. The highest BCUT2D eigenvalue weighted by molar-refractivity contribution is 7.89. The van der Waals surface area contributed by atoms with Gasteiger partial charge in [-0.05, 0) is 55.5 Å². The van der Waals surface area contributed by atoms with Crippen LogP contribution in [0.1, 0.15) is 17.3 Å². The number of hydrazine groups is 1. The van der Waals surface area contributed by atoms with Crippen LogP contribution in [-0.2, 0) is 14.8 Å². The van der Waals surface area contributed by atoms with Crippen molar-refractivity contribution in [2.75, 3.05) is 14.1 Å². The van der Waals surface area contributed by atoms with Crippen molar-refractivity contribution in [1.29, 1.82) is 0 Å². The molecule has 8 nitrogen and oxygen atoms in total. The molecule has 2 amide bonds. The second kappa shape index (κ2) is 8.81. The van der Waals surface area contributed by atoms with Gasteiger partial charge >= 0.3 is 0 Å². The van der Waals surface area contributed by atoms with Gasteiger partial charge in [0.2, 0.25) is 10.0 Å². The van der Waals surface area contributed by atoms with Crippen LogP contribution in [0.2, 0.25) is 0 Å². The number of nitrogens with zero attached hydrogens (tertiary/aromatic N) is 1. The standard InChI is InChI=1S/C18H20FN3O5S/c1-12(27-15-8-6-14(19)7-9-15)17(23)20-21-18(24)13-4-10-16(11-5-13)28(25,26)22(2)3/h4-12H,1-3H3,(H,20,23)(H,21,24)/t12-/m0/s1. The number of amides is 2. The summed E-state index contributed by atoms with van der Waals surface area (Å²) in [7, 11) is -0.790. The van der Waals surface area contributed by atoms with Crippen molar-refractivity contribution in [3.8, 4) is 5.75 Å². The second-order valence-corrected chi connectivity index (χ2v) is 8.12. The lowest BCUT2D eigenvalue weighted by Gasteiger charge is -2.15. The summed E-state index contributed by atoms with van der Waals surface area (Å²) in [6.45, 7) is 1.46. The number of hydrogen-bond donors (Lipinski definition) is 2. The highest BCUT2D eigenvalue weighted by Gasteiger charge is 2.19. The molecular formula is C18H20FN3O5S. The molecule has 150 valence electrons. The number of sulfonamides is 1. The monoisotopic (exact) mass is 409 g/mol. The fourth-order valence-electron chi connectivity index (χ4n) is 2.05. The number of benzene rings is 2. The maximum atomic E-state index is 12.9. The van der Waals surface area contributed by atoms with E-state index in [1.54, 1.807) is 0 Å². The zero-order valence-corrected chi connectivity index (χ0v) is 16.3. The summed E-state index contributed by atoms with van der Waals surface area (Å²) in [4.78, 5) is 24.1. The molecule has 2 N–H and O–H groups in total. The van der Waals surface area contributed by atoms with E-state index in [9.17, 15) is 22.4 Å². The van der Waals surface area contributed by atoms with Gasteiger partial charge in [0, 0.05) is 19.7 Å². The second-order valence-electron chi connectivity index (χ2n) is 5.97. The molecule has 0 fully saturated rings. The minimum Gasteiger partial charge on any atom is -0.481 e. The summed E-state index contributed by atoms with van der Waals surface area (Å²) in [5.41, 5.74) is 4.59. The Morgan fingerprint density at radius 1 is 1.00 bits per heavy atom. The normalized spacial score (nSPS) is 12.3. The highest BCUT2D eigenvalue weighted by atomic mass is 32.2. The zero-order chi connectivity index (χ0) is 20.9. The molecule has 0 saturated heterocycles. The van der Waals surface area contributed by atoms with E-state index in [0.29, 0.717) is 5.75 Å². The summed E-state index contributed by atoms with van der Waals surface area (Å²) < 4.78 is 43.3. The first-order valence-corrected chi connectivity index (χ1v) is 9.60. The van der Waals surface area contributed by atoms with E-state index in [4.69, 9.17) is 4.74 Å². The molecule has 2 aromatic carbocycles. The topological polar surface area (TPSA) is 105 Å². The van der Waals surface area contributed by atoms with Crippen molar-refractivity contribution in [2.45, 2.75) is 17.9 Å². The van der Waals surface area contributed by atoms with Gasteiger partial charge in [-0.15, -0.1) is 0 Å². The predicted molar refractivity (Wildman–Crippen MR) is 99.4 cm³/mol. The summed E-state index contributed by atoms with van der Waals surface area (Å²) in [6.07, 6.45) is -0.946. The third-order valence-electron chi connectivity index (χ3n) is 3.69. The van der Waals surface area contributed by atoms with Gasteiger partial charge in [0.05, 0.1) is 4.90 Å². The molecule has 0 spiro atoms. The van der Waals surface area contributed by atoms with Gasteiger partial charge in [-0.2, -0.15) is 0 Å². The van der Waals surface area contributed by atoms with Crippen molar-refractivity contribution in [2.24, 2.45) is 0 Å². The van der Waals surface area contributed by atoms with E-state index in [1.807, 2.05) is 0 Å². The van der Waals surface area contributed by atoms with Crippen molar-refractivity contribution in [1.82, 2.24) is 15.2 Å². The van der Waals surface area contributed by atoms with E-state index >= 15 is 0 Å². The van der Waals surface area contributed by atoms with Gasteiger partial charge in [0.25, 0.3) is 11.8 Å². The molecule has 0 bridgehead atoms. The van der Waals surface area contributed by atoms with E-state index < -0.39 is 33.8 Å². The number of ether oxygens (including phenoxy) is 1. The third kappa shape index (κ3) is 5.27. The Kier molecular flexibility index (Phi) is 6.71. The van der Waals surface area contributed by atoms with Crippen LogP contribution in [0.15, 0.2) is 53.4 Å². The number of halogens is 1. The maximum absolute atomic E-state index is 12.9.